The molecule has 4 rings (SSSR count). The van der Waals surface area contributed by atoms with Gasteiger partial charge in [-0.25, -0.2) is 0 Å². The highest BCUT2D eigenvalue weighted by Crippen LogP contribution is 2.46. The number of nitrogens with zero attached hydrogens (tertiary/aromatic N) is 1. The average Bonchev–Trinajstić information content (AvgIpc) is 3.02. The lowest BCUT2D eigenvalue weighted by molar-refractivity contribution is -0.129. The zero-order chi connectivity index (χ0) is 21.8. The van der Waals surface area contributed by atoms with Gasteiger partial charge in [-0.05, 0) is 67.6 Å². The second-order valence-corrected chi connectivity index (χ2v) is 10.1. The first-order valence-electron chi connectivity index (χ1n) is 11.0. The van der Waals surface area contributed by atoms with Crippen molar-refractivity contribution in [3.05, 3.63) is 64.7 Å². The van der Waals surface area contributed by atoms with Gasteiger partial charge in [-0.3, -0.25) is 9.69 Å². The van der Waals surface area contributed by atoms with Crippen molar-refractivity contribution >= 4 is 29.3 Å². The highest BCUT2D eigenvalue weighted by molar-refractivity contribution is 7.98. The number of benzene rings is 2. The quantitative estimate of drug-likeness (QED) is 0.567. The van der Waals surface area contributed by atoms with Crippen LogP contribution in [0, 0.1) is 5.92 Å². The predicted molar refractivity (Wildman–Crippen MR) is 129 cm³/mol. The van der Waals surface area contributed by atoms with Gasteiger partial charge in [0.05, 0.1) is 13.0 Å². The molecule has 2 aliphatic heterocycles. The minimum absolute atomic E-state index is 0.00323. The van der Waals surface area contributed by atoms with Crippen LogP contribution in [0.4, 0.5) is 0 Å². The molecule has 31 heavy (non-hydrogen) atoms. The number of halogens is 1. The molecule has 2 heterocycles. The van der Waals surface area contributed by atoms with E-state index in [4.69, 9.17) is 16.3 Å². The van der Waals surface area contributed by atoms with Crippen molar-refractivity contribution in [2.24, 2.45) is 5.92 Å². The SMILES string of the molecule is COc1ccc(CSCCNC(=O)C2C(c3ccc(Cl)cc3)CC3CCC2N3C)cc1. The molecule has 0 aromatic heterocycles. The first-order chi connectivity index (χ1) is 15.1. The normalized spacial score (nSPS) is 25.4. The maximum absolute atomic E-state index is 13.3. The van der Waals surface area contributed by atoms with Crippen LogP contribution in [0.5, 0.6) is 5.75 Å². The Hall–Kier alpha value is -1.69. The second kappa shape index (κ2) is 10.3. The van der Waals surface area contributed by atoms with Gasteiger partial charge in [-0.15, -0.1) is 0 Å². The summed E-state index contributed by atoms with van der Waals surface area (Å²) >= 11 is 7.95. The summed E-state index contributed by atoms with van der Waals surface area (Å²) in [7, 11) is 3.87. The summed E-state index contributed by atoms with van der Waals surface area (Å²) < 4.78 is 5.21. The minimum atomic E-state index is -0.00323. The van der Waals surface area contributed by atoms with Gasteiger partial charge in [0.15, 0.2) is 0 Å². The van der Waals surface area contributed by atoms with Crippen LogP contribution in [-0.2, 0) is 10.5 Å². The van der Waals surface area contributed by atoms with Crippen molar-refractivity contribution in [3.63, 3.8) is 0 Å². The van der Waals surface area contributed by atoms with E-state index < -0.39 is 0 Å². The van der Waals surface area contributed by atoms with E-state index in [-0.39, 0.29) is 17.7 Å². The van der Waals surface area contributed by atoms with Gasteiger partial charge < -0.3 is 10.1 Å². The van der Waals surface area contributed by atoms with E-state index in [1.165, 1.54) is 17.5 Å². The van der Waals surface area contributed by atoms with Crippen LogP contribution in [0.15, 0.2) is 48.5 Å². The van der Waals surface area contributed by atoms with E-state index >= 15 is 0 Å². The number of hydrogen-bond donors (Lipinski definition) is 1. The van der Waals surface area contributed by atoms with Crippen molar-refractivity contribution in [1.29, 1.82) is 0 Å². The van der Waals surface area contributed by atoms with Crippen LogP contribution in [0.3, 0.4) is 0 Å². The Labute approximate surface area is 194 Å². The molecule has 0 aliphatic carbocycles. The Kier molecular flexibility index (Phi) is 7.47. The molecule has 2 bridgehead atoms. The molecule has 1 N–H and O–H groups in total. The van der Waals surface area contributed by atoms with E-state index in [9.17, 15) is 4.79 Å². The largest absolute Gasteiger partial charge is 0.497 e. The van der Waals surface area contributed by atoms with Crippen LogP contribution >= 0.6 is 23.4 Å². The molecule has 0 spiro atoms. The van der Waals surface area contributed by atoms with Gasteiger partial charge in [0.1, 0.15) is 5.75 Å². The number of fused-ring (bicyclic) bond motifs is 2. The van der Waals surface area contributed by atoms with Gasteiger partial charge in [0.25, 0.3) is 0 Å². The number of piperidine rings is 1. The lowest BCUT2D eigenvalue weighted by Crippen LogP contribution is -2.51. The Bertz CT molecular complexity index is 874. The van der Waals surface area contributed by atoms with E-state index in [2.05, 4.69) is 41.5 Å². The van der Waals surface area contributed by atoms with Crippen molar-refractivity contribution in [3.8, 4) is 5.75 Å². The fourth-order valence-corrected chi connectivity index (χ4v) is 6.10. The average molecular weight is 459 g/mol. The maximum Gasteiger partial charge on any atom is 0.225 e. The summed E-state index contributed by atoms with van der Waals surface area (Å²) in [6, 6.07) is 17.2. The van der Waals surface area contributed by atoms with E-state index in [1.54, 1.807) is 7.11 Å². The number of hydrogen-bond acceptors (Lipinski definition) is 4. The maximum atomic E-state index is 13.3. The number of amides is 1. The van der Waals surface area contributed by atoms with E-state index in [0.29, 0.717) is 18.6 Å². The predicted octanol–water partition coefficient (Wildman–Crippen LogP) is 4.96. The zero-order valence-electron chi connectivity index (χ0n) is 18.2. The van der Waals surface area contributed by atoms with Crippen LogP contribution in [-0.4, -0.2) is 49.3 Å². The van der Waals surface area contributed by atoms with Crippen LogP contribution in [0.25, 0.3) is 0 Å². The van der Waals surface area contributed by atoms with Crippen molar-refractivity contribution < 1.29 is 9.53 Å². The summed E-state index contributed by atoms with van der Waals surface area (Å²) in [5.41, 5.74) is 2.51. The third-order valence-corrected chi connectivity index (χ3v) is 8.13. The molecule has 2 aromatic rings. The fraction of sp³-hybridized carbons (Fsp3) is 0.480. The number of rotatable bonds is 8. The number of carbonyl (C=O) groups is 1. The molecular formula is C25H31ClN2O2S. The molecule has 2 aliphatic rings. The molecule has 2 aromatic carbocycles. The Balaban J connectivity index is 1.33. The number of carbonyl (C=O) groups excluding carboxylic acids is 1. The molecule has 4 nitrogen and oxygen atoms in total. The van der Waals surface area contributed by atoms with Crippen molar-refractivity contribution in [2.45, 2.75) is 43.0 Å². The third kappa shape index (κ3) is 5.21. The first kappa shape index (κ1) is 22.5. The van der Waals surface area contributed by atoms with Crippen molar-refractivity contribution in [2.75, 3.05) is 26.5 Å². The standard InChI is InChI=1S/C25H31ClN2O2S/c1-28-20-9-12-23(28)24(22(15-20)18-5-7-19(26)8-6-18)25(29)27-13-14-31-16-17-3-10-21(30-2)11-4-17/h3-8,10-11,20,22-24H,9,12-16H2,1-2H3,(H,27,29). The summed E-state index contributed by atoms with van der Waals surface area (Å²) in [4.78, 5) is 15.7. The lowest BCUT2D eigenvalue weighted by Gasteiger charge is -2.42. The third-order valence-electron chi connectivity index (χ3n) is 6.84. The summed E-state index contributed by atoms with van der Waals surface area (Å²) in [6.45, 7) is 0.698. The van der Waals surface area contributed by atoms with Gasteiger partial charge >= 0.3 is 0 Å². The summed E-state index contributed by atoms with van der Waals surface area (Å²) in [6.07, 6.45) is 3.33. The van der Waals surface area contributed by atoms with Crippen LogP contribution < -0.4 is 10.1 Å². The number of ether oxygens (including phenoxy) is 1. The topological polar surface area (TPSA) is 41.6 Å². The fourth-order valence-electron chi connectivity index (χ4n) is 5.15. The van der Waals surface area contributed by atoms with Crippen molar-refractivity contribution in [1.82, 2.24) is 10.2 Å². The van der Waals surface area contributed by atoms with Gasteiger partial charge in [0, 0.05) is 35.2 Å². The molecule has 0 saturated carbocycles. The molecule has 1 amide bonds. The summed E-state index contributed by atoms with van der Waals surface area (Å²) in [5, 5.41) is 3.98. The molecule has 6 heteroatoms. The molecule has 2 saturated heterocycles. The van der Waals surface area contributed by atoms with Crippen LogP contribution in [0.1, 0.15) is 36.3 Å². The number of methoxy groups -OCH3 is 1. The number of nitrogens with one attached hydrogen (secondary N) is 1. The Morgan fingerprint density at radius 1 is 1.16 bits per heavy atom. The Morgan fingerprint density at radius 3 is 2.61 bits per heavy atom. The van der Waals surface area contributed by atoms with E-state index in [1.807, 2.05) is 36.0 Å². The monoisotopic (exact) mass is 458 g/mol. The van der Waals surface area contributed by atoms with Gasteiger partial charge in [-0.2, -0.15) is 11.8 Å². The molecule has 4 atom stereocenters. The smallest absolute Gasteiger partial charge is 0.225 e. The Morgan fingerprint density at radius 2 is 1.90 bits per heavy atom. The second-order valence-electron chi connectivity index (χ2n) is 8.58. The lowest BCUT2D eigenvalue weighted by atomic mass is 9.75. The highest BCUT2D eigenvalue weighted by atomic mass is 35.5. The molecule has 2 fully saturated rings. The van der Waals surface area contributed by atoms with Crippen LogP contribution in [0.2, 0.25) is 5.02 Å². The van der Waals surface area contributed by atoms with Gasteiger partial charge in [-0.1, -0.05) is 35.9 Å². The van der Waals surface area contributed by atoms with E-state index in [0.717, 1.165) is 35.1 Å². The molecule has 4 unspecified atom stereocenters. The number of thioether (sulfide) groups is 1. The van der Waals surface area contributed by atoms with Gasteiger partial charge in [0.2, 0.25) is 5.91 Å². The summed E-state index contributed by atoms with van der Waals surface area (Å²) in [5.74, 6) is 3.17. The zero-order valence-corrected chi connectivity index (χ0v) is 19.8. The first-order valence-corrected chi connectivity index (χ1v) is 12.6. The molecule has 166 valence electrons. The minimum Gasteiger partial charge on any atom is -0.497 e. The molecule has 0 radical (unpaired) electrons. The molecular weight excluding hydrogens is 428 g/mol. The highest BCUT2D eigenvalue weighted by Gasteiger charge is 2.48.